The molecule has 0 amide bonds. The molecule has 0 radical (unpaired) electrons. The summed E-state index contributed by atoms with van der Waals surface area (Å²) in [6.45, 7) is 3.03. The van der Waals surface area contributed by atoms with Crippen molar-refractivity contribution >= 4 is 22.7 Å². The number of anilines is 2. The highest BCUT2D eigenvalue weighted by molar-refractivity contribution is 5.82. The average Bonchev–Trinajstić information content (AvgIpc) is 2.55. The molecule has 15 heavy (non-hydrogen) atoms. The van der Waals surface area contributed by atoms with Crippen molar-refractivity contribution in [3.05, 3.63) is 18.2 Å². The summed E-state index contributed by atoms with van der Waals surface area (Å²) in [4.78, 5) is 6.57. The van der Waals surface area contributed by atoms with Gasteiger partial charge in [-0.05, 0) is 25.1 Å². The van der Waals surface area contributed by atoms with Crippen molar-refractivity contribution in [3.63, 3.8) is 0 Å². The van der Waals surface area contributed by atoms with Gasteiger partial charge in [-0.1, -0.05) is 0 Å². The second-order valence-electron chi connectivity index (χ2n) is 3.80. The Morgan fingerprint density at radius 2 is 2.13 bits per heavy atom. The summed E-state index contributed by atoms with van der Waals surface area (Å²) in [6, 6.07) is 5.85. The molecule has 0 saturated carbocycles. The van der Waals surface area contributed by atoms with E-state index in [9.17, 15) is 0 Å². The molecule has 0 fully saturated rings. The van der Waals surface area contributed by atoms with Crippen LogP contribution in [0.1, 0.15) is 6.92 Å². The van der Waals surface area contributed by atoms with Crippen molar-refractivity contribution in [2.45, 2.75) is 13.5 Å². The number of aromatic nitrogens is 2. The van der Waals surface area contributed by atoms with Gasteiger partial charge < -0.3 is 15.2 Å². The van der Waals surface area contributed by atoms with Gasteiger partial charge in [0.25, 0.3) is 0 Å². The minimum Gasteiger partial charge on any atom is -0.399 e. The molecule has 0 unspecified atom stereocenters. The summed E-state index contributed by atoms with van der Waals surface area (Å²) in [7, 11) is 3.99. The van der Waals surface area contributed by atoms with Gasteiger partial charge in [-0.3, -0.25) is 0 Å². The van der Waals surface area contributed by atoms with E-state index in [0.717, 1.165) is 29.2 Å². The van der Waals surface area contributed by atoms with Crippen LogP contribution in [0.4, 0.5) is 11.6 Å². The van der Waals surface area contributed by atoms with Crippen LogP contribution in [0, 0.1) is 0 Å². The first-order valence-electron chi connectivity index (χ1n) is 5.06. The molecule has 0 aliphatic carbocycles. The highest BCUT2D eigenvalue weighted by Gasteiger charge is 2.10. The Bertz CT molecular complexity index is 485. The number of rotatable bonds is 2. The lowest BCUT2D eigenvalue weighted by molar-refractivity contribution is 0.769. The molecule has 0 spiro atoms. The van der Waals surface area contributed by atoms with Gasteiger partial charge in [0, 0.05) is 26.3 Å². The molecule has 4 heteroatoms. The molecule has 0 aliphatic heterocycles. The van der Waals surface area contributed by atoms with Crippen LogP contribution < -0.4 is 10.6 Å². The zero-order chi connectivity index (χ0) is 11.0. The number of hydrogen-bond donors (Lipinski definition) is 1. The molecular weight excluding hydrogens is 188 g/mol. The summed E-state index contributed by atoms with van der Waals surface area (Å²) in [5, 5.41) is 0. The van der Waals surface area contributed by atoms with Gasteiger partial charge in [-0.25, -0.2) is 4.98 Å². The lowest BCUT2D eigenvalue weighted by atomic mass is 10.3. The second kappa shape index (κ2) is 3.46. The Morgan fingerprint density at radius 1 is 1.40 bits per heavy atom. The molecule has 80 valence electrons. The molecule has 2 N–H and O–H groups in total. The first-order chi connectivity index (χ1) is 7.13. The lowest BCUT2D eigenvalue weighted by Gasteiger charge is -2.12. The van der Waals surface area contributed by atoms with Gasteiger partial charge in [0.1, 0.15) is 0 Å². The van der Waals surface area contributed by atoms with E-state index in [2.05, 4.69) is 16.5 Å². The van der Waals surface area contributed by atoms with E-state index in [4.69, 9.17) is 5.73 Å². The average molecular weight is 204 g/mol. The minimum atomic E-state index is 0.758. The topological polar surface area (TPSA) is 47.1 Å². The number of fused-ring (bicyclic) bond motifs is 1. The fraction of sp³-hybridized carbons (Fsp3) is 0.364. The second-order valence-corrected chi connectivity index (χ2v) is 3.80. The van der Waals surface area contributed by atoms with Crippen LogP contribution in [-0.2, 0) is 6.54 Å². The molecule has 2 rings (SSSR count). The molecule has 0 saturated heterocycles. The molecule has 0 aliphatic rings. The largest absolute Gasteiger partial charge is 0.399 e. The van der Waals surface area contributed by atoms with E-state index in [0.29, 0.717) is 0 Å². The van der Waals surface area contributed by atoms with Crippen LogP contribution in [0.2, 0.25) is 0 Å². The van der Waals surface area contributed by atoms with E-state index in [1.165, 1.54) is 0 Å². The Labute approximate surface area is 89.3 Å². The van der Waals surface area contributed by atoms with Crippen LogP contribution in [0.25, 0.3) is 11.0 Å². The highest BCUT2D eigenvalue weighted by Crippen LogP contribution is 2.22. The van der Waals surface area contributed by atoms with Gasteiger partial charge in [0.05, 0.1) is 11.0 Å². The summed E-state index contributed by atoms with van der Waals surface area (Å²) in [6.07, 6.45) is 0. The normalized spacial score (nSPS) is 10.9. The third-order valence-corrected chi connectivity index (χ3v) is 2.47. The number of nitrogens with zero attached hydrogens (tertiary/aromatic N) is 3. The number of hydrogen-bond acceptors (Lipinski definition) is 3. The van der Waals surface area contributed by atoms with Crippen molar-refractivity contribution in [1.82, 2.24) is 9.55 Å². The predicted octanol–water partition coefficient (Wildman–Crippen LogP) is 1.70. The van der Waals surface area contributed by atoms with Gasteiger partial charge in [0.2, 0.25) is 5.95 Å². The van der Waals surface area contributed by atoms with Crippen molar-refractivity contribution in [3.8, 4) is 0 Å². The Morgan fingerprint density at radius 3 is 2.73 bits per heavy atom. The third-order valence-electron chi connectivity index (χ3n) is 2.47. The Hall–Kier alpha value is -1.71. The number of imidazole rings is 1. The molecular formula is C11H16N4. The van der Waals surface area contributed by atoms with E-state index in [1.807, 2.05) is 37.2 Å². The van der Waals surface area contributed by atoms with Gasteiger partial charge in [-0.2, -0.15) is 0 Å². The SMILES string of the molecule is CCn1c(N(C)C)nc2cc(N)ccc21. The zero-order valence-electron chi connectivity index (χ0n) is 9.36. The van der Waals surface area contributed by atoms with Crippen molar-refractivity contribution in [1.29, 1.82) is 0 Å². The van der Waals surface area contributed by atoms with Crippen LogP contribution in [0.5, 0.6) is 0 Å². The number of nitrogen functional groups attached to an aromatic ring is 1. The smallest absolute Gasteiger partial charge is 0.206 e. The van der Waals surface area contributed by atoms with Crippen LogP contribution in [0.3, 0.4) is 0 Å². The molecule has 1 heterocycles. The maximum Gasteiger partial charge on any atom is 0.206 e. The van der Waals surface area contributed by atoms with Crippen molar-refractivity contribution < 1.29 is 0 Å². The first kappa shape index (κ1) is 9.83. The molecule has 0 bridgehead atoms. The van der Waals surface area contributed by atoms with Crippen molar-refractivity contribution in [2.75, 3.05) is 24.7 Å². The van der Waals surface area contributed by atoms with E-state index in [1.54, 1.807) is 0 Å². The molecule has 1 aromatic heterocycles. The molecule has 1 aromatic carbocycles. The predicted molar refractivity (Wildman–Crippen MR) is 64.1 cm³/mol. The zero-order valence-corrected chi connectivity index (χ0v) is 9.36. The first-order valence-corrected chi connectivity index (χ1v) is 5.06. The fourth-order valence-corrected chi connectivity index (χ4v) is 1.79. The van der Waals surface area contributed by atoms with Crippen LogP contribution in [0.15, 0.2) is 18.2 Å². The standard InChI is InChI=1S/C11H16N4/c1-4-15-10-6-5-8(12)7-9(10)13-11(15)14(2)3/h5-7H,4,12H2,1-3H3. The summed E-state index contributed by atoms with van der Waals surface area (Å²) < 4.78 is 2.18. The Kier molecular flexibility index (Phi) is 2.26. The fourth-order valence-electron chi connectivity index (χ4n) is 1.79. The summed E-state index contributed by atoms with van der Waals surface area (Å²) >= 11 is 0. The molecule has 0 atom stereocenters. The monoisotopic (exact) mass is 204 g/mol. The van der Waals surface area contributed by atoms with E-state index in [-0.39, 0.29) is 0 Å². The minimum absolute atomic E-state index is 0.758. The van der Waals surface area contributed by atoms with Gasteiger partial charge in [-0.15, -0.1) is 0 Å². The van der Waals surface area contributed by atoms with E-state index < -0.39 is 0 Å². The summed E-state index contributed by atoms with van der Waals surface area (Å²) in [5.41, 5.74) is 8.59. The number of benzene rings is 1. The molecule has 4 nitrogen and oxygen atoms in total. The number of nitrogens with two attached hydrogens (primary N) is 1. The maximum atomic E-state index is 5.74. The van der Waals surface area contributed by atoms with Crippen LogP contribution >= 0.6 is 0 Å². The Balaban J connectivity index is 2.73. The third kappa shape index (κ3) is 1.52. The summed E-state index contributed by atoms with van der Waals surface area (Å²) in [5.74, 6) is 0.970. The lowest BCUT2D eigenvalue weighted by Crippen LogP contribution is -2.14. The van der Waals surface area contributed by atoms with Crippen molar-refractivity contribution in [2.24, 2.45) is 0 Å². The molecule has 2 aromatic rings. The van der Waals surface area contributed by atoms with Gasteiger partial charge in [0.15, 0.2) is 0 Å². The van der Waals surface area contributed by atoms with Gasteiger partial charge >= 0.3 is 0 Å². The quantitative estimate of drug-likeness (QED) is 0.757. The van der Waals surface area contributed by atoms with Crippen LogP contribution in [-0.4, -0.2) is 23.6 Å². The highest BCUT2D eigenvalue weighted by atomic mass is 15.3. The number of aryl methyl sites for hydroxylation is 1. The van der Waals surface area contributed by atoms with E-state index >= 15 is 0 Å². The maximum absolute atomic E-state index is 5.74.